The van der Waals surface area contributed by atoms with Crippen molar-refractivity contribution in [3.8, 4) is 0 Å². The third kappa shape index (κ3) is 5.31. The van der Waals surface area contributed by atoms with Gasteiger partial charge in [-0.2, -0.15) is 0 Å². The smallest absolute Gasteiger partial charge is 0.251 e. The number of nitrogens with two attached hydrogens (primary N) is 1. The first-order chi connectivity index (χ1) is 9.58. The van der Waals surface area contributed by atoms with Crippen LogP contribution in [0.1, 0.15) is 36.7 Å². The van der Waals surface area contributed by atoms with E-state index in [2.05, 4.69) is 19.2 Å². The molecule has 0 aromatic heterocycles. The zero-order valence-corrected chi connectivity index (χ0v) is 12.7. The van der Waals surface area contributed by atoms with Gasteiger partial charge in [0.25, 0.3) is 5.91 Å². The summed E-state index contributed by atoms with van der Waals surface area (Å²) in [6.07, 6.45) is 0.785. The highest BCUT2D eigenvalue weighted by atomic mass is 16.5. The lowest BCUT2D eigenvalue weighted by molar-refractivity contribution is 0.0806. The molecule has 1 unspecified atom stereocenters. The Bertz CT molecular complexity index is 419. The minimum Gasteiger partial charge on any atom is -0.380 e. The number of hydrogen-bond donors (Lipinski definition) is 2. The number of hydrogen-bond acceptors (Lipinski definition) is 3. The third-order valence-corrected chi connectivity index (χ3v) is 3.24. The summed E-state index contributed by atoms with van der Waals surface area (Å²) < 4.78 is 5.42. The van der Waals surface area contributed by atoms with Crippen molar-refractivity contribution in [3.63, 3.8) is 0 Å². The van der Waals surface area contributed by atoms with Gasteiger partial charge in [-0.3, -0.25) is 4.79 Å². The van der Waals surface area contributed by atoms with Gasteiger partial charge in [0.1, 0.15) is 0 Å². The molecule has 0 heterocycles. The number of carbonyl (C=O) groups is 1. The number of amides is 1. The fraction of sp³-hybridized carbons (Fsp3) is 0.562. The molecule has 0 saturated heterocycles. The molecule has 112 valence electrons. The molecular weight excluding hydrogens is 252 g/mol. The van der Waals surface area contributed by atoms with Crippen molar-refractivity contribution in [1.29, 1.82) is 0 Å². The molecule has 20 heavy (non-hydrogen) atoms. The number of carbonyl (C=O) groups excluding carboxylic acids is 1. The van der Waals surface area contributed by atoms with Crippen molar-refractivity contribution < 1.29 is 9.53 Å². The molecule has 0 bridgehead atoms. The molecule has 1 aromatic rings. The van der Waals surface area contributed by atoms with E-state index >= 15 is 0 Å². The van der Waals surface area contributed by atoms with Crippen LogP contribution in [0.15, 0.2) is 24.3 Å². The van der Waals surface area contributed by atoms with E-state index < -0.39 is 0 Å². The van der Waals surface area contributed by atoms with Crippen LogP contribution >= 0.6 is 0 Å². The van der Waals surface area contributed by atoms with Crippen LogP contribution in [0.25, 0.3) is 0 Å². The fourth-order valence-electron chi connectivity index (χ4n) is 1.93. The van der Waals surface area contributed by atoms with E-state index in [1.807, 2.05) is 31.2 Å². The normalized spacial score (nSPS) is 12.4. The number of ether oxygens (including phenoxy) is 1. The summed E-state index contributed by atoms with van der Waals surface area (Å²) in [5.41, 5.74) is 7.31. The van der Waals surface area contributed by atoms with Crippen molar-refractivity contribution in [2.24, 2.45) is 11.7 Å². The van der Waals surface area contributed by atoms with Crippen LogP contribution in [0.3, 0.4) is 0 Å². The first-order valence-corrected chi connectivity index (χ1v) is 7.26. The van der Waals surface area contributed by atoms with Crippen LogP contribution in [-0.4, -0.2) is 31.7 Å². The van der Waals surface area contributed by atoms with Gasteiger partial charge in [-0.25, -0.2) is 0 Å². The standard InChI is InChI=1S/C16H26N2O2/c1-4-20-11-15(12(2)3)18-16(19)14-7-5-6-13(10-14)8-9-17/h5-7,10,12,15H,4,8-9,11,17H2,1-3H3,(H,18,19). The average Bonchev–Trinajstić information content (AvgIpc) is 2.43. The van der Waals surface area contributed by atoms with Crippen molar-refractivity contribution in [1.82, 2.24) is 5.32 Å². The summed E-state index contributed by atoms with van der Waals surface area (Å²) in [6, 6.07) is 7.64. The van der Waals surface area contributed by atoms with Crippen LogP contribution in [0.4, 0.5) is 0 Å². The summed E-state index contributed by atoms with van der Waals surface area (Å²) >= 11 is 0. The molecule has 0 aliphatic carbocycles. The van der Waals surface area contributed by atoms with E-state index in [0.29, 0.717) is 31.2 Å². The number of benzene rings is 1. The van der Waals surface area contributed by atoms with Crippen molar-refractivity contribution in [2.45, 2.75) is 33.2 Å². The van der Waals surface area contributed by atoms with Gasteiger partial charge in [0.15, 0.2) is 0 Å². The van der Waals surface area contributed by atoms with E-state index in [4.69, 9.17) is 10.5 Å². The Morgan fingerprint density at radius 1 is 1.40 bits per heavy atom. The Balaban J connectivity index is 2.70. The maximum absolute atomic E-state index is 12.3. The predicted octanol–water partition coefficient (Wildman–Crippen LogP) is 1.98. The highest BCUT2D eigenvalue weighted by Crippen LogP contribution is 2.08. The second-order valence-electron chi connectivity index (χ2n) is 5.22. The molecule has 4 heteroatoms. The Morgan fingerprint density at radius 3 is 2.75 bits per heavy atom. The largest absolute Gasteiger partial charge is 0.380 e. The first-order valence-electron chi connectivity index (χ1n) is 7.26. The zero-order chi connectivity index (χ0) is 15.0. The fourth-order valence-corrected chi connectivity index (χ4v) is 1.93. The van der Waals surface area contributed by atoms with E-state index in [0.717, 1.165) is 12.0 Å². The molecule has 3 N–H and O–H groups in total. The van der Waals surface area contributed by atoms with Crippen LogP contribution in [0, 0.1) is 5.92 Å². The van der Waals surface area contributed by atoms with E-state index in [1.54, 1.807) is 0 Å². The Labute approximate surface area is 121 Å². The molecule has 1 rings (SSSR count). The van der Waals surface area contributed by atoms with Crippen molar-refractivity contribution in [3.05, 3.63) is 35.4 Å². The summed E-state index contributed by atoms with van der Waals surface area (Å²) in [6.45, 7) is 7.90. The number of nitrogens with one attached hydrogen (secondary N) is 1. The minimum atomic E-state index is -0.0534. The molecule has 0 saturated carbocycles. The summed E-state index contributed by atoms with van der Waals surface area (Å²) in [5, 5.41) is 3.04. The van der Waals surface area contributed by atoms with Gasteiger partial charge in [-0.1, -0.05) is 26.0 Å². The Hall–Kier alpha value is -1.39. The molecule has 0 aliphatic heterocycles. The van der Waals surface area contributed by atoms with Gasteiger partial charge >= 0.3 is 0 Å². The molecule has 1 aromatic carbocycles. The van der Waals surface area contributed by atoms with Crippen LogP contribution in [0.5, 0.6) is 0 Å². The van der Waals surface area contributed by atoms with E-state index in [1.165, 1.54) is 0 Å². The monoisotopic (exact) mass is 278 g/mol. The maximum atomic E-state index is 12.3. The summed E-state index contributed by atoms with van der Waals surface area (Å²) in [4.78, 5) is 12.3. The molecular formula is C16H26N2O2. The lowest BCUT2D eigenvalue weighted by Gasteiger charge is -2.22. The summed E-state index contributed by atoms with van der Waals surface area (Å²) in [5.74, 6) is 0.278. The SMILES string of the molecule is CCOCC(NC(=O)c1cccc(CCN)c1)C(C)C. The molecule has 0 fully saturated rings. The van der Waals surface area contributed by atoms with Crippen molar-refractivity contribution >= 4 is 5.91 Å². The van der Waals surface area contributed by atoms with E-state index in [9.17, 15) is 4.79 Å². The Kier molecular flexibility index (Phi) is 7.26. The highest BCUT2D eigenvalue weighted by Gasteiger charge is 2.17. The third-order valence-electron chi connectivity index (χ3n) is 3.24. The number of rotatable bonds is 8. The minimum absolute atomic E-state index is 0.0283. The van der Waals surface area contributed by atoms with Crippen LogP contribution < -0.4 is 11.1 Å². The van der Waals surface area contributed by atoms with Gasteiger partial charge in [0.05, 0.1) is 12.6 Å². The second-order valence-corrected chi connectivity index (χ2v) is 5.22. The lowest BCUT2D eigenvalue weighted by atomic mass is 10.0. The van der Waals surface area contributed by atoms with Gasteiger partial charge in [0, 0.05) is 12.2 Å². The molecule has 0 aliphatic rings. The molecule has 1 amide bonds. The highest BCUT2D eigenvalue weighted by molar-refractivity contribution is 5.94. The van der Waals surface area contributed by atoms with Crippen LogP contribution in [-0.2, 0) is 11.2 Å². The molecule has 1 atom stereocenters. The molecule has 0 radical (unpaired) electrons. The Morgan fingerprint density at radius 2 is 2.15 bits per heavy atom. The zero-order valence-electron chi connectivity index (χ0n) is 12.7. The van der Waals surface area contributed by atoms with Crippen LogP contribution in [0.2, 0.25) is 0 Å². The molecule has 4 nitrogen and oxygen atoms in total. The second kappa shape index (κ2) is 8.72. The van der Waals surface area contributed by atoms with E-state index in [-0.39, 0.29) is 11.9 Å². The average molecular weight is 278 g/mol. The van der Waals surface area contributed by atoms with Crippen molar-refractivity contribution in [2.75, 3.05) is 19.8 Å². The van der Waals surface area contributed by atoms with Gasteiger partial charge < -0.3 is 15.8 Å². The maximum Gasteiger partial charge on any atom is 0.251 e. The summed E-state index contributed by atoms with van der Waals surface area (Å²) in [7, 11) is 0. The molecule has 0 spiro atoms. The van der Waals surface area contributed by atoms with Gasteiger partial charge in [0.2, 0.25) is 0 Å². The van der Waals surface area contributed by atoms with Gasteiger partial charge in [-0.15, -0.1) is 0 Å². The first kappa shape index (κ1) is 16.7. The predicted molar refractivity (Wildman–Crippen MR) is 81.8 cm³/mol. The lowest BCUT2D eigenvalue weighted by Crippen LogP contribution is -2.41. The topological polar surface area (TPSA) is 64.3 Å². The quantitative estimate of drug-likeness (QED) is 0.764. The van der Waals surface area contributed by atoms with Gasteiger partial charge in [-0.05, 0) is 43.5 Å².